The lowest BCUT2D eigenvalue weighted by molar-refractivity contribution is -0.117. The van der Waals surface area contributed by atoms with Crippen LogP contribution in [0, 0.1) is 6.92 Å². The van der Waals surface area contributed by atoms with Crippen LogP contribution < -0.4 is 10.9 Å². The third-order valence-electron chi connectivity index (χ3n) is 3.80. The number of aromatic nitrogens is 4. The Morgan fingerprint density at radius 3 is 2.82 bits per heavy atom. The van der Waals surface area contributed by atoms with E-state index in [2.05, 4.69) is 15.4 Å². The highest BCUT2D eigenvalue weighted by molar-refractivity contribution is 5.91. The maximum Gasteiger partial charge on any atom is 0.258 e. The summed E-state index contributed by atoms with van der Waals surface area (Å²) in [4.78, 5) is 30.6. The fraction of sp³-hybridized carbons (Fsp3) is 0.429. The topological polar surface area (TPSA) is 85.0 Å². The fourth-order valence-corrected chi connectivity index (χ4v) is 2.57. The molecule has 0 aliphatic carbocycles. The van der Waals surface area contributed by atoms with Crippen LogP contribution in [0.1, 0.15) is 17.1 Å². The Labute approximate surface area is 127 Å². The maximum absolute atomic E-state index is 12.2. The van der Waals surface area contributed by atoms with Crippen LogP contribution in [0.4, 0.5) is 5.82 Å². The molecule has 0 unspecified atom stereocenters. The highest BCUT2D eigenvalue weighted by atomic mass is 16.2. The van der Waals surface area contributed by atoms with Crippen LogP contribution in [0.2, 0.25) is 0 Å². The highest BCUT2D eigenvalue weighted by Gasteiger charge is 2.26. The van der Waals surface area contributed by atoms with Gasteiger partial charge in [-0.3, -0.25) is 23.7 Å². The van der Waals surface area contributed by atoms with Crippen LogP contribution in [0.15, 0.2) is 17.1 Å². The van der Waals surface area contributed by atoms with Crippen LogP contribution in [0.5, 0.6) is 0 Å². The van der Waals surface area contributed by atoms with E-state index >= 15 is 0 Å². The van der Waals surface area contributed by atoms with Gasteiger partial charge < -0.3 is 5.32 Å². The van der Waals surface area contributed by atoms with Crippen molar-refractivity contribution in [2.24, 2.45) is 14.1 Å². The van der Waals surface area contributed by atoms with Gasteiger partial charge in [0.1, 0.15) is 5.82 Å². The SMILES string of the molecule is Cc1nc2c(c(=O)n1C)CN(CC(=O)Nc1ccn(C)n1)C2. The molecule has 0 radical (unpaired) electrons. The monoisotopic (exact) mass is 302 g/mol. The predicted molar refractivity (Wildman–Crippen MR) is 80.2 cm³/mol. The van der Waals surface area contributed by atoms with Gasteiger partial charge in [0, 0.05) is 39.4 Å². The van der Waals surface area contributed by atoms with Gasteiger partial charge in [-0.1, -0.05) is 0 Å². The Hall–Kier alpha value is -2.48. The number of nitrogens with one attached hydrogen (secondary N) is 1. The van der Waals surface area contributed by atoms with Gasteiger partial charge >= 0.3 is 0 Å². The molecule has 3 heterocycles. The summed E-state index contributed by atoms with van der Waals surface area (Å²) in [5.74, 6) is 1.05. The first-order valence-electron chi connectivity index (χ1n) is 7.01. The Balaban J connectivity index is 1.67. The van der Waals surface area contributed by atoms with Crippen molar-refractivity contribution in [1.82, 2.24) is 24.2 Å². The molecule has 2 aromatic rings. The Morgan fingerprint density at radius 2 is 2.14 bits per heavy atom. The van der Waals surface area contributed by atoms with Crippen LogP contribution in [0.3, 0.4) is 0 Å². The van der Waals surface area contributed by atoms with E-state index in [1.165, 1.54) is 4.57 Å². The van der Waals surface area contributed by atoms with E-state index in [0.717, 1.165) is 5.69 Å². The third kappa shape index (κ3) is 2.64. The molecule has 0 fully saturated rings. The number of rotatable bonds is 3. The summed E-state index contributed by atoms with van der Waals surface area (Å²) in [6.07, 6.45) is 1.76. The minimum absolute atomic E-state index is 0.0323. The summed E-state index contributed by atoms with van der Waals surface area (Å²) < 4.78 is 3.16. The van der Waals surface area contributed by atoms with E-state index in [1.54, 1.807) is 38.0 Å². The van der Waals surface area contributed by atoms with E-state index < -0.39 is 0 Å². The average Bonchev–Trinajstić information content (AvgIpc) is 3.02. The van der Waals surface area contributed by atoms with Crippen molar-refractivity contribution in [2.75, 3.05) is 11.9 Å². The van der Waals surface area contributed by atoms with Crippen molar-refractivity contribution in [3.63, 3.8) is 0 Å². The lowest BCUT2D eigenvalue weighted by Gasteiger charge is -2.12. The van der Waals surface area contributed by atoms with Crippen molar-refractivity contribution < 1.29 is 4.79 Å². The molecule has 2 aromatic heterocycles. The minimum atomic E-state index is -0.153. The van der Waals surface area contributed by atoms with E-state index in [9.17, 15) is 9.59 Å². The molecular weight excluding hydrogens is 284 g/mol. The summed E-state index contributed by atoms with van der Waals surface area (Å²) in [6.45, 7) is 2.97. The van der Waals surface area contributed by atoms with Crippen molar-refractivity contribution in [3.05, 3.63) is 39.7 Å². The summed E-state index contributed by atoms with van der Waals surface area (Å²) >= 11 is 0. The first-order chi connectivity index (χ1) is 10.4. The van der Waals surface area contributed by atoms with Gasteiger partial charge in [-0.05, 0) is 6.92 Å². The van der Waals surface area contributed by atoms with Gasteiger partial charge in [0.25, 0.3) is 5.56 Å². The number of amides is 1. The quantitative estimate of drug-likeness (QED) is 0.847. The molecule has 1 amide bonds. The zero-order valence-electron chi connectivity index (χ0n) is 12.8. The van der Waals surface area contributed by atoms with Gasteiger partial charge in [-0.2, -0.15) is 5.10 Å². The smallest absolute Gasteiger partial charge is 0.258 e. The van der Waals surface area contributed by atoms with Gasteiger partial charge in [0.15, 0.2) is 5.82 Å². The minimum Gasteiger partial charge on any atom is -0.308 e. The largest absolute Gasteiger partial charge is 0.308 e. The number of anilines is 1. The number of carbonyl (C=O) groups is 1. The molecule has 1 aliphatic rings. The van der Waals surface area contributed by atoms with E-state index in [4.69, 9.17) is 0 Å². The molecule has 0 aromatic carbocycles. The fourth-order valence-electron chi connectivity index (χ4n) is 2.57. The molecule has 0 bridgehead atoms. The molecule has 1 N–H and O–H groups in total. The normalized spacial score (nSPS) is 14.1. The van der Waals surface area contributed by atoms with Gasteiger partial charge in [0.05, 0.1) is 17.8 Å². The molecular formula is C14H18N6O2. The predicted octanol–water partition coefficient (Wildman–Crippen LogP) is -0.223. The number of hydrogen-bond donors (Lipinski definition) is 1. The van der Waals surface area contributed by atoms with E-state index in [0.29, 0.717) is 30.3 Å². The van der Waals surface area contributed by atoms with Gasteiger partial charge in [-0.15, -0.1) is 0 Å². The molecule has 3 rings (SSSR count). The Kier molecular flexibility index (Phi) is 3.53. The number of fused-ring (bicyclic) bond motifs is 1. The number of nitrogens with zero attached hydrogens (tertiary/aromatic N) is 5. The Morgan fingerprint density at radius 1 is 1.36 bits per heavy atom. The van der Waals surface area contributed by atoms with Gasteiger partial charge in [0.2, 0.25) is 5.91 Å². The molecule has 116 valence electrons. The summed E-state index contributed by atoms with van der Waals surface area (Å²) in [7, 11) is 3.50. The molecule has 8 heteroatoms. The molecule has 0 spiro atoms. The van der Waals surface area contributed by atoms with Crippen LogP contribution >= 0.6 is 0 Å². The number of aryl methyl sites for hydroxylation is 2. The summed E-state index contributed by atoms with van der Waals surface area (Å²) in [5, 5.41) is 6.84. The lowest BCUT2D eigenvalue weighted by Crippen LogP contribution is -2.30. The summed E-state index contributed by atoms with van der Waals surface area (Å²) in [5.41, 5.74) is 1.42. The molecule has 0 saturated heterocycles. The standard InChI is InChI=1S/C14H18N6O2/c1-9-15-11-7-20(6-10(11)14(22)19(9)3)8-13(21)16-12-4-5-18(2)17-12/h4-5H,6-8H2,1-3H3,(H,16,17,21). The molecule has 22 heavy (non-hydrogen) atoms. The molecule has 0 atom stereocenters. The van der Waals surface area contributed by atoms with E-state index in [1.807, 2.05) is 4.90 Å². The maximum atomic E-state index is 12.2. The van der Waals surface area contributed by atoms with E-state index in [-0.39, 0.29) is 18.0 Å². The lowest BCUT2D eigenvalue weighted by atomic mass is 10.2. The van der Waals surface area contributed by atoms with Crippen molar-refractivity contribution in [2.45, 2.75) is 20.0 Å². The molecule has 0 saturated carbocycles. The van der Waals surface area contributed by atoms with Crippen molar-refractivity contribution in [3.8, 4) is 0 Å². The van der Waals surface area contributed by atoms with Crippen molar-refractivity contribution in [1.29, 1.82) is 0 Å². The average molecular weight is 302 g/mol. The third-order valence-corrected chi connectivity index (χ3v) is 3.80. The second-order valence-corrected chi connectivity index (χ2v) is 5.52. The first kappa shape index (κ1) is 14.5. The highest BCUT2D eigenvalue weighted by Crippen LogP contribution is 2.17. The zero-order valence-corrected chi connectivity index (χ0v) is 12.8. The van der Waals surface area contributed by atoms with Crippen LogP contribution in [-0.4, -0.2) is 36.7 Å². The molecule has 1 aliphatic heterocycles. The second kappa shape index (κ2) is 5.38. The van der Waals surface area contributed by atoms with Crippen molar-refractivity contribution >= 4 is 11.7 Å². The first-order valence-corrected chi connectivity index (χ1v) is 7.01. The van der Waals surface area contributed by atoms with Crippen LogP contribution in [-0.2, 0) is 32.0 Å². The second-order valence-electron chi connectivity index (χ2n) is 5.52. The number of carbonyl (C=O) groups excluding carboxylic acids is 1. The Bertz CT molecular complexity index is 791. The van der Waals surface area contributed by atoms with Crippen LogP contribution in [0.25, 0.3) is 0 Å². The summed E-state index contributed by atoms with van der Waals surface area (Å²) in [6, 6.07) is 1.73. The number of hydrogen-bond acceptors (Lipinski definition) is 5. The van der Waals surface area contributed by atoms with Gasteiger partial charge in [-0.25, -0.2) is 4.98 Å². The zero-order chi connectivity index (χ0) is 15.9. The molecule has 8 nitrogen and oxygen atoms in total.